The van der Waals surface area contributed by atoms with Gasteiger partial charge in [0.15, 0.2) is 0 Å². The van der Waals surface area contributed by atoms with Gasteiger partial charge >= 0.3 is 6.03 Å². The summed E-state index contributed by atoms with van der Waals surface area (Å²) in [6, 6.07) is 9.40. The molecule has 9 nitrogen and oxygen atoms in total. The smallest absolute Gasteiger partial charge is 0.319 e. The number of aromatic amines is 1. The number of aromatic nitrogens is 5. The monoisotopic (exact) mass is 421 g/mol. The van der Waals surface area contributed by atoms with Crippen LogP contribution in [0.4, 0.5) is 10.5 Å². The largest absolute Gasteiger partial charge is 0.478 e. The van der Waals surface area contributed by atoms with E-state index in [9.17, 15) is 4.79 Å². The molecule has 2 amide bonds. The number of hydrogen-bond acceptors (Lipinski definition) is 6. The van der Waals surface area contributed by atoms with Gasteiger partial charge in [0.1, 0.15) is 0 Å². The molecule has 162 valence electrons. The third-order valence-corrected chi connectivity index (χ3v) is 5.55. The highest BCUT2D eigenvalue weighted by Crippen LogP contribution is 2.32. The fourth-order valence-corrected chi connectivity index (χ4v) is 3.86. The van der Waals surface area contributed by atoms with Crippen molar-refractivity contribution in [3.63, 3.8) is 0 Å². The maximum Gasteiger partial charge on any atom is 0.319 e. The minimum absolute atomic E-state index is 0.200. The number of pyridine rings is 1. The van der Waals surface area contributed by atoms with E-state index >= 15 is 0 Å². The van der Waals surface area contributed by atoms with Crippen molar-refractivity contribution < 1.29 is 9.53 Å². The lowest BCUT2D eigenvalue weighted by atomic mass is 9.87. The van der Waals surface area contributed by atoms with Gasteiger partial charge in [-0.15, -0.1) is 10.2 Å². The molecule has 4 rings (SSSR count). The van der Waals surface area contributed by atoms with Crippen LogP contribution in [0.5, 0.6) is 5.88 Å². The van der Waals surface area contributed by atoms with Crippen LogP contribution in [0.15, 0.2) is 36.5 Å². The number of nitrogens with zero attached hydrogens (tertiary/aromatic N) is 4. The molecular weight excluding hydrogens is 394 g/mol. The highest BCUT2D eigenvalue weighted by Gasteiger charge is 2.20. The lowest BCUT2D eigenvalue weighted by Crippen LogP contribution is -2.39. The number of rotatable bonds is 6. The van der Waals surface area contributed by atoms with Crippen molar-refractivity contribution in [1.82, 2.24) is 30.9 Å². The Kier molecular flexibility index (Phi) is 6.40. The van der Waals surface area contributed by atoms with Crippen molar-refractivity contribution in [3.05, 3.63) is 36.5 Å². The zero-order valence-electron chi connectivity index (χ0n) is 17.8. The second-order valence-corrected chi connectivity index (χ2v) is 7.87. The second-order valence-electron chi connectivity index (χ2n) is 7.87. The number of carbonyl (C=O) groups is 1. The first-order chi connectivity index (χ1) is 15.1. The molecule has 2 aromatic heterocycles. The number of H-pyrrole nitrogens is 1. The topological polar surface area (TPSA) is 118 Å². The van der Waals surface area contributed by atoms with Gasteiger partial charge in [-0.1, -0.05) is 13.0 Å². The number of carbonyl (C=O) groups excluding carboxylic acids is 1. The van der Waals surface area contributed by atoms with Gasteiger partial charge in [0.25, 0.3) is 0 Å². The average Bonchev–Trinajstić information content (AvgIpc) is 3.31. The van der Waals surface area contributed by atoms with Gasteiger partial charge in [-0.05, 0) is 67.5 Å². The number of hydrogen-bond donors (Lipinski definition) is 3. The summed E-state index contributed by atoms with van der Waals surface area (Å²) in [5.41, 5.74) is 3.16. The summed E-state index contributed by atoms with van der Waals surface area (Å²) in [6.45, 7) is 4.74. The molecular formula is C22H27N7O2. The first kappa shape index (κ1) is 20.8. The predicted molar refractivity (Wildman–Crippen MR) is 118 cm³/mol. The molecule has 0 atom stereocenters. The summed E-state index contributed by atoms with van der Waals surface area (Å²) in [4.78, 5) is 16.9. The van der Waals surface area contributed by atoms with Gasteiger partial charge in [0.2, 0.25) is 11.7 Å². The number of urea groups is 1. The minimum Gasteiger partial charge on any atom is -0.478 e. The summed E-state index contributed by atoms with van der Waals surface area (Å²) in [5, 5.41) is 20.4. The van der Waals surface area contributed by atoms with Crippen molar-refractivity contribution in [2.24, 2.45) is 5.92 Å². The Morgan fingerprint density at radius 3 is 2.68 bits per heavy atom. The predicted octanol–water partition coefficient (Wildman–Crippen LogP) is 4.03. The molecule has 1 fully saturated rings. The van der Waals surface area contributed by atoms with Crippen molar-refractivity contribution in [1.29, 1.82) is 0 Å². The Morgan fingerprint density at radius 2 is 2.00 bits per heavy atom. The second kappa shape index (κ2) is 9.55. The summed E-state index contributed by atoms with van der Waals surface area (Å²) in [7, 11) is 0. The van der Waals surface area contributed by atoms with E-state index in [1.165, 1.54) is 0 Å². The molecule has 1 saturated carbocycles. The Bertz CT molecular complexity index is 997. The molecule has 3 aromatic rings. The van der Waals surface area contributed by atoms with Gasteiger partial charge in [-0.3, -0.25) is 0 Å². The van der Waals surface area contributed by atoms with E-state index in [1.54, 1.807) is 6.20 Å². The van der Waals surface area contributed by atoms with Gasteiger partial charge < -0.3 is 15.4 Å². The molecule has 3 N–H and O–H groups in total. The first-order valence-electron chi connectivity index (χ1n) is 10.7. The fraction of sp³-hybridized carbons (Fsp3) is 0.409. The fourth-order valence-electron chi connectivity index (χ4n) is 3.86. The number of anilines is 1. The minimum atomic E-state index is -0.200. The zero-order chi connectivity index (χ0) is 21.6. The molecule has 1 aliphatic carbocycles. The number of benzene rings is 1. The van der Waals surface area contributed by atoms with Crippen LogP contribution in [0.2, 0.25) is 0 Å². The Morgan fingerprint density at radius 1 is 1.16 bits per heavy atom. The van der Waals surface area contributed by atoms with Gasteiger partial charge in [0.05, 0.1) is 6.61 Å². The summed E-state index contributed by atoms with van der Waals surface area (Å²) < 4.78 is 5.42. The van der Waals surface area contributed by atoms with Crippen LogP contribution in [0.25, 0.3) is 22.5 Å². The molecule has 0 aliphatic heterocycles. The van der Waals surface area contributed by atoms with E-state index < -0.39 is 0 Å². The molecule has 0 unspecified atom stereocenters. The number of ether oxygens (including phenoxy) is 1. The van der Waals surface area contributed by atoms with Crippen LogP contribution in [-0.4, -0.2) is 44.3 Å². The molecule has 0 radical (unpaired) electrons. The summed E-state index contributed by atoms with van der Waals surface area (Å²) >= 11 is 0. The van der Waals surface area contributed by atoms with E-state index in [2.05, 4.69) is 43.2 Å². The van der Waals surface area contributed by atoms with Gasteiger partial charge in [0, 0.05) is 35.1 Å². The lowest BCUT2D eigenvalue weighted by molar-refractivity contribution is 0.239. The Hall–Kier alpha value is -3.49. The molecule has 0 saturated heterocycles. The normalized spacial score (nSPS) is 18.4. The maximum absolute atomic E-state index is 12.5. The van der Waals surface area contributed by atoms with E-state index in [0.717, 1.165) is 48.3 Å². The van der Waals surface area contributed by atoms with E-state index in [4.69, 9.17) is 4.74 Å². The van der Waals surface area contributed by atoms with Crippen LogP contribution < -0.4 is 15.4 Å². The van der Waals surface area contributed by atoms with E-state index in [1.807, 2.05) is 37.3 Å². The number of tetrazole rings is 1. The quantitative estimate of drug-likeness (QED) is 0.553. The van der Waals surface area contributed by atoms with Gasteiger partial charge in [-0.2, -0.15) is 5.21 Å². The highest BCUT2D eigenvalue weighted by atomic mass is 16.5. The lowest BCUT2D eigenvalue weighted by Gasteiger charge is -2.27. The summed E-state index contributed by atoms with van der Waals surface area (Å²) in [6.07, 6.45) is 6.09. The van der Waals surface area contributed by atoms with Crippen molar-refractivity contribution in [2.75, 3.05) is 11.9 Å². The third kappa shape index (κ3) is 5.17. The average molecular weight is 422 g/mol. The van der Waals surface area contributed by atoms with Crippen LogP contribution in [0.3, 0.4) is 0 Å². The molecule has 0 bridgehead atoms. The molecule has 9 heteroatoms. The molecule has 31 heavy (non-hydrogen) atoms. The van der Waals surface area contributed by atoms with Crippen molar-refractivity contribution >= 4 is 11.7 Å². The maximum atomic E-state index is 12.5. The highest BCUT2D eigenvalue weighted by molar-refractivity contribution is 5.92. The van der Waals surface area contributed by atoms with Crippen LogP contribution >= 0.6 is 0 Å². The zero-order valence-corrected chi connectivity index (χ0v) is 17.8. The number of nitrogens with one attached hydrogen (secondary N) is 3. The molecule has 0 spiro atoms. The standard InChI is InChI=1S/C22H27N7O2/c1-3-31-20-11-6-15(13-23-20)18-10-9-17(12-19(18)21-26-28-29-27-21)25-22(30)24-16-7-4-14(2)5-8-16/h6,9-14,16H,3-5,7-8H2,1-2H3,(H2,24,25,30)(H,26,27,28,29)/t14-,16-. The third-order valence-electron chi connectivity index (χ3n) is 5.55. The Balaban J connectivity index is 1.54. The SMILES string of the molecule is CCOc1ccc(-c2ccc(NC(=O)N[C@H]3CC[C@H](C)CC3)cc2-c2nn[nH]n2)cn1. The van der Waals surface area contributed by atoms with E-state index in [0.29, 0.717) is 24.0 Å². The Labute approximate surface area is 181 Å². The number of amides is 2. The first-order valence-corrected chi connectivity index (χ1v) is 10.7. The molecule has 2 heterocycles. The van der Waals surface area contributed by atoms with Crippen LogP contribution in [0, 0.1) is 5.92 Å². The van der Waals surface area contributed by atoms with E-state index in [-0.39, 0.29) is 12.1 Å². The molecule has 1 aromatic carbocycles. The van der Waals surface area contributed by atoms with Crippen LogP contribution in [-0.2, 0) is 0 Å². The van der Waals surface area contributed by atoms with Crippen molar-refractivity contribution in [3.8, 4) is 28.4 Å². The molecule has 1 aliphatic rings. The van der Waals surface area contributed by atoms with Gasteiger partial charge in [-0.25, -0.2) is 9.78 Å². The summed E-state index contributed by atoms with van der Waals surface area (Å²) in [5.74, 6) is 1.75. The van der Waals surface area contributed by atoms with Crippen molar-refractivity contribution in [2.45, 2.75) is 45.6 Å². The van der Waals surface area contributed by atoms with Crippen LogP contribution in [0.1, 0.15) is 39.5 Å².